The van der Waals surface area contributed by atoms with Crippen molar-refractivity contribution < 1.29 is 18.8 Å². The standard InChI is InChI=1S/C11H26O4Si3/c1-9(10(12)13)8-16-11(14-17(2,3)4)15-18(5,6)7/h8,11H,16H2,1-7H3,(H,12,13). The second-order valence-corrected chi connectivity index (χ2v) is 16.8. The van der Waals surface area contributed by atoms with Crippen LogP contribution in [0.3, 0.4) is 0 Å². The summed E-state index contributed by atoms with van der Waals surface area (Å²) in [5.74, 6) is -1.04. The van der Waals surface area contributed by atoms with Gasteiger partial charge in [0, 0.05) is 5.57 Å². The molecule has 1 N–H and O–H groups in total. The number of aliphatic carboxylic acids is 1. The Kier molecular flexibility index (Phi) is 6.72. The van der Waals surface area contributed by atoms with Gasteiger partial charge < -0.3 is 14.0 Å². The Labute approximate surface area is 114 Å². The fourth-order valence-electron chi connectivity index (χ4n) is 1.27. The molecule has 106 valence electrons. The predicted molar refractivity (Wildman–Crippen MR) is 82.6 cm³/mol. The molecule has 0 saturated carbocycles. The first-order valence-electron chi connectivity index (χ1n) is 6.16. The Bertz CT molecular complexity index is 299. The van der Waals surface area contributed by atoms with Gasteiger partial charge in [-0.1, -0.05) is 5.70 Å². The summed E-state index contributed by atoms with van der Waals surface area (Å²) < 4.78 is 12.0. The van der Waals surface area contributed by atoms with Crippen molar-refractivity contribution >= 4 is 32.1 Å². The lowest BCUT2D eigenvalue weighted by Crippen LogP contribution is -2.42. The maximum atomic E-state index is 10.8. The molecule has 0 atom stereocenters. The highest BCUT2D eigenvalue weighted by Gasteiger charge is 2.26. The van der Waals surface area contributed by atoms with E-state index in [1.165, 1.54) is 0 Å². The van der Waals surface area contributed by atoms with Crippen LogP contribution in [0.1, 0.15) is 6.92 Å². The number of hydrogen-bond donors (Lipinski definition) is 1. The minimum absolute atomic E-state index is 0.183. The van der Waals surface area contributed by atoms with Gasteiger partial charge in [-0.25, -0.2) is 4.79 Å². The minimum atomic E-state index is -1.66. The molecule has 0 unspecified atom stereocenters. The lowest BCUT2D eigenvalue weighted by molar-refractivity contribution is -0.132. The molecule has 0 aromatic rings. The van der Waals surface area contributed by atoms with Crippen molar-refractivity contribution in [3.05, 3.63) is 11.3 Å². The van der Waals surface area contributed by atoms with Crippen LogP contribution in [0, 0.1) is 0 Å². The van der Waals surface area contributed by atoms with Crippen LogP contribution in [-0.4, -0.2) is 43.1 Å². The van der Waals surface area contributed by atoms with Crippen LogP contribution in [0.25, 0.3) is 0 Å². The first-order chi connectivity index (χ1) is 7.91. The summed E-state index contributed by atoms with van der Waals surface area (Å²) in [6.07, 6.45) is 0. The van der Waals surface area contributed by atoms with E-state index in [0.29, 0.717) is 5.57 Å². The third-order valence-electron chi connectivity index (χ3n) is 1.92. The van der Waals surface area contributed by atoms with Crippen LogP contribution in [0.5, 0.6) is 0 Å². The Morgan fingerprint density at radius 1 is 1.11 bits per heavy atom. The number of hydrogen-bond acceptors (Lipinski definition) is 3. The molecule has 0 aliphatic carbocycles. The Morgan fingerprint density at radius 2 is 1.50 bits per heavy atom. The quantitative estimate of drug-likeness (QED) is 0.445. The normalized spacial score (nSPS) is 14.8. The zero-order valence-electron chi connectivity index (χ0n) is 12.5. The van der Waals surface area contributed by atoms with Gasteiger partial charge in [-0.3, -0.25) is 0 Å². The Balaban J connectivity index is 4.68. The Morgan fingerprint density at radius 3 is 1.78 bits per heavy atom. The number of carboxylic acids is 1. The van der Waals surface area contributed by atoms with Gasteiger partial charge in [0.05, 0.1) is 0 Å². The SMILES string of the molecule is CC(=C[SiH2]C(O[Si](C)(C)C)O[Si](C)(C)C)C(=O)O. The van der Waals surface area contributed by atoms with Crippen molar-refractivity contribution in [2.45, 2.75) is 52.1 Å². The third kappa shape index (κ3) is 9.77. The molecule has 0 aromatic heterocycles. The fraction of sp³-hybridized carbons (Fsp3) is 0.727. The maximum absolute atomic E-state index is 10.8. The summed E-state index contributed by atoms with van der Waals surface area (Å²) in [5.41, 5.74) is 2.21. The second-order valence-electron chi connectivity index (χ2n) is 6.32. The smallest absolute Gasteiger partial charge is 0.330 e. The minimum Gasteiger partial charge on any atom is -0.478 e. The molecule has 0 aromatic carbocycles. The number of rotatable bonds is 7. The van der Waals surface area contributed by atoms with Crippen LogP contribution in [0.15, 0.2) is 11.3 Å². The van der Waals surface area contributed by atoms with Gasteiger partial charge in [0.2, 0.25) is 0 Å². The molecule has 0 saturated heterocycles. The zero-order valence-corrected chi connectivity index (χ0v) is 15.9. The van der Waals surface area contributed by atoms with Gasteiger partial charge in [-0.05, 0) is 46.2 Å². The molecule has 0 rings (SSSR count). The predicted octanol–water partition coefficient (Wildman–Crippen LogP) is 2.13. The topological polar surface area (TPSA) is 55.8 Å². The number of carboxylic acid groups (broad SMARTS) is 1. The van der Waals surface area contributed by atoms with E-state index >= 15 is 0 Å². The third-order valence-corrected chi connectivity index (χ3v) is 6.10. The van der Waals surface area contributed by atoms with E-state index in [2.05, 4.69) is 39.3 Å². The molecular formula is C11H26O4Si3. The maximum Gasteiger partial charge on any atom is 0.330 e. The molecule has 4 nitrogen and oxygen atoms in total. The van der Waals surface area contributed by atoms with Crippen molar-refractivity contribution in [1.82, 2.24) is 0 Å². The average molecular weight is 307 g/mol. The van der Waals surface area contributed by atoms with Gasteiger partial charge in [0.25, 0.3) is 0 Å². The molecule has 0 fully saturated rings. The van der Waals surface area contributed by atoms with Crippen molar-refractivity contribution in [3.63, 3.8) is 0 Å². The lowest BCUT2D eigenvalue weighted by atomic mass is 10.4. The molecule has 0 aliphatic heterocycles. The molecule has 0 spiro atoms. The summed E-state index contributed by atoms with van der Waals surface area (Å²) in [6, 6.07) is 0. The van der Waals surface area contributed by atoms with E-state index in [4.69, 9.17) is 14.0 Å². The van der Waals surface area contributed by atoms with E-state index in [1.807, 2.05) is 5.70 Å². The van der Waals surface area contributed by atoms with Crippen molar-refractivity contribution in [2.75, 3.05) is 0 Å². The molecule has 0 aliphatic rings. The number of carbonyl (C=O) groups is 1. The van der Waals surface area contributed by atoms with E-state index < -0.39 is 32.1 Å². The van der Waals surface area contributed by atoms with Crippen LogP contribution in [0.2, 0.25) is 39.3 Å². The van der Waals surface area contributed by atoms with Crippen LogP contribution >= 0.6 is 0 Å². The summed E-state index contributed by atoms with van der Waals surface area (Å²) in [7, 11) is -4.17. The molecule has 0 heterocycles. The van der Waals surface area contributed by atoms with Crippen LogP contribution < -0.4 is 0 Å². The van der Waals surface area contributed by atoms with E-state index in [-0.39, 0.29) is 5.91 Å². The first kappa shape index (κ1) is 17.8. The fourth-order valence-corrected chi connectivity index (χ4v) is 7.53. The van der Waals surface area contributed by atoms with Gasteiger partial charge in [0.1, 0.15) is 15.4 Å². The van der Waals surface area contributed by atoms with Crippen molar-refractivity contribution in [2.24, 2.45) is 0 Å². The van der Waals surface area contributed by atoms with Gasteiger partial charge >= 0.3 is 5.97 Å². The lowest BCUT2D eigenvalue weighted by Gasteiger charge is -2.31. The van der Waals surface area contributed by atoms with E-state index in [1.54, 1.807) is 6.92 Å². The molecule has 7 heteroatoms. The Hall–Kier alpha value is -0.219. The molecular weight excluding hydrogens is 280 g/mol. The van der Waals surface area contributed by atoms with Gasteiger partial charge in [0.15, 0.2) is 16.6 Å². The van der Waals surface area contributed by atoms with E-state index in [0.717, 1.165) is 0 Å². The summed E-state index contributed by atoms with van der Waals surface area (Å²) >= 11 is 0. The molecule has 0 bridgehead atoms. The highest BCUT2D eigenvalue weighted by molar-refractivity contribution is 6.72. The largest absolute Gasteiger partial charge is 0.478 e. The molecule has 18 heavy (non-hydrogen) atoms. The van der Waals surface area contributed by atoms with E-state index in [9.17, 15) is 4.79 Å². The highest BCUT2D eigenvalue weighted by Crippen LogP contribution is 2.14. The molecule has 0 radical (unpaired) electrons. The molecule has 0 amide bonds. The monoisotopic (exact) mass is 306 g/mol. The zero-order chi connectivity index (χ0) is 14.6. The van der Waals surface area contributed by atoms with Gasteiger partial charge in [-0.15, -0.1) is 0 Å². The van der Waals surface area contributed by atoms with Crippen molar-refractivity contribution in [3.8, 4) is 0 Å². The van der Waals surface area contributed by atoms with Crippen molar-refractivity contribution in [1.29, 1.82) is 0 Å². The average Bonchev–Trinajstić information content (AvgIpc) is 2.08. The second kappa shape index (κ2) is 6.81. The highest BCUT2D eigenvalue weighted by atomic mass is 28.4. The van der Waals surface area contributed by atoms with Crippen LogP contribution in [-0.2, 0) is 13.6 Å². The summed E-state index contributed by atoms with van der Waals surface area (Å²) in [5, 5.41) is 8.85. The summed E-state index contributed by atoms with van der Waals surface area (Å²) in [6.45, 7) is 14.3. The van der Waals surface area contributed by atoms with Crippen LogP contribution in [0.4, 0.5) is 0 Å². The first-order valence-corrected chi connectivity index (χ1v) is 14.6. The summed E-state index contributed by atoms with van der Waals surface area (Å²) in [4.78, 5) is 10.8. The van der Waals surface area contributed by atoms with Gasteiger partial charge in [-0.2, -0.15) is 0 Å².